The van der Waals surface area contributed by atoms with Crippen LogP contribution in [0.15, 0.2) is 72.6 Å². The van der Waals surface area contributed by atoms with Crippen LogP contribution in [-0.4, -0.2) is 53.2 Å². The normalized spacial score (nSPS) is 13.4. The van der Waals surface area contributed by atoms with Crippen molar-refractivity contribution in [3.63, 3.8) is 0 Å². The third kappa shape index (κ3) is 7.32. The highest BCUT2D eigenvalue weighted by atomic mass is 19.1. The molecule has 2 aromatic carbocycles. The van der Waals surface area contributed by atoms with Crippen LogP contribution in [0, 0.1) is 0 Å². The number of halogens is 1. The van der Waals surface area contributed by atoms with Crippen LogP contribution in [0.1, 0.15) is 23.2 Å². The molecule has 0 fully saturated rings. The first-order valence-corrected chi connectivity index (χ1v) is 12.1. The molecule has 38 heavy (non-hydrogen) atoms. The summed E-state index contributed by atoms with van der Waals surface area (Å²) in [6.07, 6.45) is 0.771. The van der Waals surface area contributed by atoms with Crippen LogP contribution in [-0.2, 0) is 24.3 Å². The van der Waals surface area contributed by atoms with Gasteiger partial charge in [0.2, 0.25) is 0 Å². The summed E-state index contributed by atoms with van der Waals surface area (Å²) >= 11 is 0. The van der Waals surface area contributed by atoms with E-state index in [1.54, 1.807) is 14.2 Å². The Bertz CT molecular complexity index is 1170. The molecule has 0 radical (unpaired) electrons. The Hall–Kier alpha value is -4.38. The number of carbonyl (C=O) groups is 1. The summed E-state index contributed by atoms with van der Waals surface area (Å²) in [5.41, 5.74) is 7.92. The molecule has 4 rings (SSSR count). The van der Waals surface area contributed by atoms with E-state index in [1.807, 2.05) is 60.7 Å². The molecular formula is C27H31FN6O4. The number of carboxylic acid groups (broad SMARTS) is 1. The lowest BCUT2D eigenvalue weighted by Crippen LogP contribution is -2.40. The molecule has 1 aromatic heterocycles. The SMILES string of the molecule is COc1ccc(CN(Cc2ccc(OC)cc2)c2ccc(CCC(F)CN3C=C(C(=O)O)NN3)nn2)cc1. The number of aliphatic carboxylic acids is 1. The topological polar surface area (TPSA) is 112 Å². The van der Waals surface area contributed by atoms with Gasteiger partial charge in [-0.15, -0.1) is 10.6 Å². The fraction of sp³-hybridized carbons (Fsp3) is 0.296. The van der Waals surface area contributed by atoms with Crippen LogP contribution in [0.25, 0.3) is 0 Å². The Morgan fingerprint density at radius 3 is 2.05 bits per heavy atom. The van der Waals surface area contributed by atoms with E-state index >= 15 is 0 Å². The minimum absolute atomic E-state index is 0.00674. The van der Waals surface area contributed by atoms with E-state index in [4.69, 9.17) is 14.6 Å². The molecule has 0 amide bonds. The highest BCUT2D eigenvalue weighted by Crippen LogP contribution is 2.21. The van der Waals surface area contributed by atoms with Gasteiger partial charge < -0.3 is 19.5 Å². The molecule has 0 spiro atoms. The van der Waals surface area contributed by atoms with E-state index < -0.39 is 12.1 Å². The quantitative estimate of drug-likeness (QED) is 0.309. The van der Waals surface area contributed by atoms with Crippen molar-refractivity contribution >= 4 is 11.8 Å². The zero-order valence-corrected chi connectivity index (χ0v) is 21.3. The predicted octanol–water partition coefficient (Wildman–Crippen LogP) is 3.22. The van der Waals surface area contributed by atoms with Gasteiger partial charge in [0.1, 0.15) is 17.7 Å². The molecule has 0 saturated carbocycles. The maximum absolute atomic E-state index is 14.5. The van der Waals surface area contributed by atoms with Gasteiger partial charge in [0, 0.05) is 19.3 Å². The van der Waals surface area contributed by atoms with Crippen LogP contribution < -0.4 is 25.3 Å². The third-order valence-electron chi connectivity index (χ3n) is 6.05. The zero-order chi connectivity index (χ0) is 26.9. The molecule has 10 nitrogen and oxygen atoms in total. The fourth-order valence-corrected chi connectivity index (χ4v) is 3.94. The maximum Gasteiger partial charge on any atom is 0.354 e. The predicted molar refractivity (Wildman–Crippen MR) is 140 cm³/mol. The number of hydrogen-bond donors (Lipinski definition) is 3. The summed E-state index contributed by atoms with van der Waals surface area (Å²) in [4.78, 5) is 13.1. The average molecular weight is 523 g/mol. The fourth-order valence-electron chi connectivity index (χ4n) is 3.94. The van der Waals surface area contributed by atoms with Crippen molar-refractivity contribution in [3.05, 3.63) is 89.4 Å². The molecule has 0 saturated heterocycles. The number of ether oxygens (including phenoxy) is 2. The second-order valence-corrected chi connectivity index (χ2v) is 8.81. The van der Waals surface area contributed by atoms with Gasteiger partial charge >= 0.3 is 5.97 Å². The summed E-state index contributed by atoms with van der Waals surface area (Å²) in [6, 6.07) is 19.5. The molecule has 3 N–H and O–H groups in total. The first kappa shape index (κ1) is 26.7. The van der Waals surface area contributed by atoms with Crippen molar-refractivity contribution < 1.29 is 23.8 Å². The highest BCUT2D eigenvalue weighted by molar-refractivity contribution is 5.85. The van der Waals surface area contributed by atoms with Crippen LogP contribution in [0.5, 0.6) is 11.5 Å². The Morgan fingerprint density at radius 2 is 1.58 bits per heavy atom. The smallest absolute Gasteiger partial charge is 0.354 e. The van der Waals surface area contributed by atoms with E-state index in [9.17, 15) is 9.18 Å². The summed E-state index contributed by atoms with van der Waals surface area (Å²) in [5.74, 6) is 1.18. The number of aryl methyl sites for hydroxylation is 1. The first-order chi connectivity index (χ1) is 18.4. The van der Waals surface area contributed by atoms with Gasteiger partial charge in [-0.3, -0.25) is 10.4 Å². The van der Waals surface area contributed by atoms with E-state index in [-0.39, 0.29) is 18.7 Å². The zero-order valence-electron chi connectivity index (χ0n) is 21.3. The molecule has 11 heteroatoms. The Morgan fingerprint density at radius 1 is 0.974 bits per heavy atom. The molecular weight excluding hydrogens is 491 g/mol. The number of rotatable bonds is 13. The second-order valence-electron chi connectivity index (χ2n) is 8.81. The number of anilines is 1. The lowest BCUT2D eigenvalue weighted by atomic mass is 10.1. The number of benzene rings is 2. The van der Waals surface area contributed by atoms with Gasteiger partial charge in [0.05, 0.1) is 26.5 Å². The van der Waals surface area contributed by atoms with Gasteiger partial charge in [-0.2, -0.15) is 5.10 Å². The van der Waals surface area contributed by atoms with Gasteiger partial charge in [0.15, 0.2) is 11.5 Å². The van der Waals surface area contributed by atoms with Crippen molar-refractivity contribution in [3.8, 4) is 11.5 Å². The van der Waals surface area contributed by atoms with Crippen LogP contribution >= 0.6 is 0 Å². The van der Waals surface area contributed by atoms with Crippen molar-refractivity contribution in [2.24, 2.45) is 0 Å². The number of carboxylic acids is 1. The molecule has 1 aliphatic heterocycles. The highest BCUT2D eigenvalue weighted by Gasteiger charge is 2.20. The van der Waals surface area contributed by atoms with Crippen LogP contribution in [0.2, 0.25) is 0 Å². The second kappa shape index (κ2) is 12.7. The number of nitrogens with zero attached hydrogens (tertiary/aromatic N) is 4. The lowest BCUT2D eigenvalue weighted by molar-refractivity contribution is -0.133. The van der Waals surface area contributed by atoms with Crippen molar-refractivity contribution in [2.75, 3.05) is 25.7 Å². The largest absolute Gasteiger partial charge is 0.497 e. The van der Waals surface area contributed by atoms with Crippen LogP contribution in [0.3, 0.4) is 0 Å². The standard InChI is InChI=1S/C27H31FN6O4/c1-37-23-10-3-19(4-11-23)15-33(16-20-5-12-24(38-2)13-6-20)26-14-9-22(29-31-26)8-7-21(28)17-34-18-25(27(35)36)30-32-34/h3-6,9-14,18,21,30,32H,7-8,15-17H2,1-2H3,(H,35,36). The Labute approximate surface area is 220 Å². The summed E-state index contributed by atoms with van der Waals surface area (Å²) in [5, 5.41) is 19.1. The van der Waals surface area contributed by atoms with E-state index in [1.165, 1.54) is 11.2 Å². The Balaban J connectivity index is 1.40. The molecule has 1 unspecified atom stereocenters. The van der Waals surface area contributed by atoms with Gasteiger partial charge in [-0.25, -0.2) is 9.18 Å². The minimum atomic E-state index is -1.18. The molecule has 3 aromatic rings. The van der Waals surface area contributed by atoms with E-state index in [0.29, 0.717) is 31.0 Å². The van der Waals surface area contributed by atoms with Gasteiger partial charge in [-0.05, 0) is 60.4 Å². The van der Waals surface area contributed by atoms with E-state index in [2.05, 4.69) is 26.1 Å². The van der Waals surface area contributed by atoms with Gasteiger partial charge in [-0.1, -0.05) is 24.3 Å². The molecule has 1 aliphatic rings. The number of hydrazine groups is 2. The van der Waals surface area contributed by atoms with Crippen LogP contribution in [0.4, 0.5) is 10.2 Å². The van der Waals surface area contributed by atoms with Crippen molar-refractivity contribution in [1.82, 2.24) is 26.2 Å². The number of hydrogen-bond acceptors (Lipinski definition) is 9. The number of aromatic nitrogens is 2. The lowest BCUT2D eigenvalue weighted by Gasteiger charge is -2.24. The molecule has 1 atom stereocenters. The Kier molecular flexibility index (Phi) is 8.94. The summed E-state index contributed by atoms with van der Waals surface area (Å²) in [6.45, 7) is 1.23. The maximum atomic E-state index is 14.5. The van der Waals surface area contributed by atoms with E-state index in [0.717, 1.165) is 22.6 Å². The number of alkyl halides is 1. The first-order valence-electron chi connectivity index (χ1n) is 12.1. The van der Waals surface area contributed by atoms with Crippen molar-refractivity contribution in [2.45, 2.75) is 32.1 Å². The number of nitrogens with one attached hydrogen (secondary N) is 2. The monoisotopic (exact) mass is 522 g/mol. The van der Waals surface area contributed by atoms with Gasteiger partial charge in [0.25, 0.3) is 0 Å². The average Bonchev–Trinajstić information content (AvgIpc) is 3.41. The molecule has 2 heterocycles. The summed E-state index contributed by atoms with van der Waals surface area (Å²) in [7, 11) is 3.28. The molecule has 0 bridgehead atoms. The molecule has 200 valence electrons. The molecule has 0 aliphatic carbocycles. The number of methoxy groups -OCH3 is 2. The summed E-state index contributed by atoms with van der Waals surface area (Å²) < 4.78 is 25.0. The third-order valence-corrected chi connectivity index (χ3v) is 6.05. The minimum Gasteiger partial charge on any atom is -0.497 e. The van der Waals surface area contributed by atoms with Crippen molar-refractivity contribution in [1.29, 1.82) is 0 Å².